The Kier molecular flexibility index (Phi) is 8.12. The molecule has 2 aliphatic rings. The summed E-state index contributed by atoms with van der Waals surface area (Å²) in [6.07, 6.45) is -0.595. The number of fused-ring (bicyclic) bond motifs is 1. The molecule has 3 heterocycles. The van der Waals surface area contributed by atoms with Gasteiger partial charge < -0.3 is 10.2 Å². The number of rotatable bonds is 6. The average molecular weight is 592 g/mol. The van der Waals surface area contributed by atoms with Gasteiger partial charge in [-0.25, -0.2) is 18.2 Å². The summed E-state index contributed by atoms with van der Waals surface area (Å²) in [5.41, 5.74) is -0.390. The minimum Gasteiger partial charge on any atom is -0.478 e. The Balaban J connectivity index is 1.58. The summed E-state index contributed by atoms with van der Waals surface area (Å²) < 4.78 is 65.3. The van der Waals surface area contributed by atoms with Crippen LogP contribution in [-0.4, -0.2) is 84.0 Å². The van der Waals surface area contributed by atoms with E-state index in [-0.39, 0.29) is 56.9 Å². The number of aliphatic hydroxyl groups excluding tert-OH is 1. The number of nitrogens with zero attached hydrogens (tertiary/aromatic N) is 3. The molecule has 3 aromatic rings. The number of alkyl halides is 3. The third-order valence-corrected chi connectivity index (χ3v) is 9.16. The van der Waals surface area contributed by atoms with Crippen molar-refractivity contribution in [1.29, 1.82) is 0 Å². The molecule has 1 atom stereocenters. The highest BCUT2D eigenvalue weighted by atomic mass is 32.2. The van der Waals surface area contributed by atoms with Crippen molar-refractivity contribution in [2.24, 2.45) is 0 Å². The predicted octanol–water partition coefficient (Wildman–Crippen LogP) is 4.44. The smallest absolute Gasteiger partial charge is 0.416 e. The third kappa shape index (κ3) is 6.40. The maximum atomic E-state index is 13.6. The second-order valence-corrected chi connectivity index (χ2v) is 13.0. The van der Waals surface area contributed by atoms with Crippen LogP contribution in [0.4, 0.5) is 13.2 Å². The molecule has 0 saturated carbocycles. The largest absolute Gasteiger partial charge is 0.478 e. The Labute approximate surface area is 236 Å². The van der Waals surface area contributed by atoms with Crippen LogP contribution in [-0.2, 0) is 22.6 Å². The Bertz CT molecular complexity index is 1570. The molecule has 2 aliphatic heterocycles. The number of hydrogen-bond acceptors (Lipinski definition) is 7. The summed E-state index contributed by atoms with van der Waals surface area (Å²) in [5.74, 6) is -1.32. The number of aliphatic hydroxyl groups is 1. The van der Waals surface area contributed by atoms with Crippen LogP contribution < -0.4 is 0 Å². The Morgan fingerprint density at radius 3 is 2.44 bits per heavy atom. The quantitative estimate of drug-likeness (QED) is 0.433. The van der Waals surface area contributed by atoms with Gasteiger partial charge in [0.1, 0.15) is 0 Å². The standard InChI is InChI=1S/C29H32F3N3O5S/c1-41(39,40)22-7-8-25-23(15-22)26(28(37)38)24(27(33-25)18-4-2-5-19(14-18)29(30,31)32)17-34-12-9-20(10-13-34)35-11-3-6-21(36)16-35/h2,4-5,7-8,14-15,20-21,36H,3,6,9-13,16-17H2,1H3,(H,37,38)/t21-/m1/s1. The number of sulfone groups is 1. The van der Waals surface area contributed by atoms with Crippen LogP contribution in [0.2, 0.25) is 0 Å². The number of carboxylic acids is 1. The predicted molar refractivity (Wildman–Crippen MR) is 147 cm³/mol. The van der Waals surface area contributed by atoms with Crippen LogP contribution in [0.1, 0.15) is 47.2 Å². The molecule has 8 nitrogen and oxygen atoms in total. The van der Waals surface area contributed by atoms with Gasteiger partial charge in [-0.2, -0.15) is 13.2 Å². The number of pyridine rings is 1. The third-order valence-electron chi connectivity index (χ3n) is 8.05. The van der Waals surface area contributed by atoms with Gasteiger partial charge in [-0.05, 0) is 75.6 Å². The lowest BCUT2D eigenvalue weighted by Gasteiger charge is -2.41. The van der Waals surface area contributed by atoms with Crippen molar-refractivity contribution >= 4 is 26.7 Å². The Morgan fingerprint density at radius 2 is 1.80 bits per heavy atom. The second-order valence-electron chi connectivity index (χ2n) is 10.9. The first-order valence-electron chi connectivity index (χ1n) is 13.5. The van der Waals surface area contributed by atoms with Gasteiger partial charge in [0.25, 0.3) is 0 Å². The Morgan fingerprint density at radius 1 is 1.07 bits per heavy atom. The number of benzene rings is 2. The minimum absolute atomic E-state index is 0.0726. The lowest BCUT2D eigenvalue weighted by atomic mass is 9.94. The van der Waals surface area contributed by atoms with E-state index in [1.54, 1.807) is 0 Å². The summed E-state index contributed by atoms with van der Waals surface area (Å²) >= 11 is 0. The van der Waals surface area contributed by atoms with E-state index in [1.165, 1.54) is 30.3 Å². The van der Waals surface area contributed by atoms with Gasteiger partial charge in [0.15, 0.2) is 9.84 Å². The molecule has 12 heteroatoms. The molecular weight excluding hydrogens is 559 g/mol. The van der Waals surface area contributed by atoms with Crippen molar-refractivity contribution in [2.45, 2.75) is 55.4 Å². The van der Waals surface area contributed by atoms with E-state index in [4.69, 9.17) is 0 Å². The lowest BCUT2D eigenvalue weighted by Crippen LogP contribution is -2.49. The molecule has 0 amide bonds. The number of aromatic carboxylic acids is 1. The van der Waals surface area contributed by atoms with E-state index in [1.807, 2.05) is 0 Å². The summed E-state index contributed by atoms with van der Waals surface area (Å²) in [4.78, 5) is 21.6. The van der Waals surface area contributed by atoms with Crippen molar-refractivity contribution in [3.05, 3.63) is 59.2 Å². The van der Waals surface area contributed by atoms with E-state index < -0.39 is 27.5 Å². The molecule has 41 heavy (non-hydrogen) atoms. The molecule has 220 valence electrons. The summed E-state index contributed by atoms with van der Waals surface area (Å²) in [6.45, 7) is 2.92. The highest BCUT2D eigenvalue weighted by Gasteiger charge is 2.33. The van der Waals surface area contributed by atoms with Crippen molar-refractivity contribution in [3.63, 3.8) is 0 Å². The molecule has 0 unspecified atom stereocenters. The molecule has 0 aliphatic carbocycles. The van der Waals surface area contributed by atoms with Gasteiger partial charge in [-0.15, -0.1) is 0 Å². The van der Waals surface area contributed by atoms with Crippen molar-refractivity contribution in [2.75, 3.05) is 32.4 Å². The number of carboxylic acid groups (broad SMARTS) is 1. The van der Waals surface area contributed by atoms with E-state index in [2.05, 4.69) is 14.8 Å². The maximum absolute atomic E-state index is 13.6. The minimum atomic E-state index is -4.60. The fourth-order valence-electron chi connectivity index (χ4n) is 5.97. The number of hydrogen-bond donors (Lipinski definition) is 2. The molecule has 0 bridgehead atoms. The molecule has 5 rings (SSSR count). The van der Waals surface area contributed by atoms with Crippen LogP contribution >= 0.6 is 0 Å². The number of piperidine rings is 2. The van der Waals surface area contributed by atoms with E-state index in [9.17, 15) is 36.6 Å². The summed E-state index contributed by atoms with van der Waals surface area (Å²) in [6, 6.07) is 8.90. The summed E-state index contributed by atoms with van der Waals surface area (Å²) in [7, 11) is -3.66. The van der Waals surface area contributed by atoms with Crippen molar-refractivity contribution in [1.82, 2.24) is 14.8 Å². The maximum Gasteiger partial charge on any atom is 0.416 e. The molecule has 2 aromatic carbocycles. The van der Waals surface area contributed by atoms with Gasteiger partial charge in [0, 0.05) is 41.9 Å². The van der Waals surface area contributed by atoms with Crippen molar-refractivity contribution in [3.8, 4) is 11.3 Å². The molecule has 2 saturated heterocycles. The SMILES string of the molecule is CS(=O)(=O)c1ccc2nc(-c3cccc(C(F)(F)F)c3)c(CN3CCC(N4CCC[C@@H](O)C4)CC3)c(C(=O)O)c2c1. The Hall–Kier alpha value is -3.06. The highest BCUT2D eigenvalue weighted by molar-refractivity contribution is 7.90. The first-order valence-corrected chi connectivity index (χ1v) is 15.4. The van der Waals surface area contributed by atoms with Gasteiger partial charge in [-0.1, -0.05) is 12.1 Å². The van der Waals surface area contributed by atoms with Crippen LogP contribution in [0.5, 0.6) is 0 Å². The highest BCUT2D eigenvalue weighted by Crippen LogP contribution is 2.36. The number of β-amino-alcohol motifs (C(OH)–C–C–N with tert-alkyl or cyclic N) is 1. The molecule has 1 aromatic heterocycles. The van der Waals surface area contributed by atoms with E-state index in [0.717, 1.165) is 50.6 Å². The molecule has 2 N–H and O–H groups in total. The van der Waals surface area contributed by atoms with Gasteiger partial charge in [0.05, 0.1) is 33.3 Å². The number of likely N-dealkylation sites (tertiary alicyclic amines) is 2. The molecule has 2 fully saturated rings. The van der Waals surface area contributed by atoms with Crippen LogP contribution in [0.15, 0.2) is 47.4 Å². The zero-order valence-electron chi connectivity index (χ0n) is 22.6. The summed E-state index contributed by atoms with van der Waals surface area (Å²) in [5, 5.41) is 20.6. The monoisotopic (exact) mass is 591 g/mol. The topological polar surface area (TPSA) is 111 Å². The van der Waals surface area contributed by atoms with Gasteiger partial charge in [0.2, 0.25) is 0 Å². The van der Waals surface area contributed by atoms with E-state index >= 15 is 0 Å². The average Bonchev–Trinajstić information content (AvgIpc) is 2.91. The molecule has 0 radical (unpaired) electrons. The van der Waals surface area contributed by atoms with Crippen LogP contribution in [0.3, 0.4) is 0 Å². The van der Waals surface area contributed by atoms with Crippen LogP contribution in [0, 0.1) is 0 Å². The van der Waals surface area contributed by atoms with Gasteiger partial charge in [-0.3, -0.25) is 9.80 Å². The second kappa shape index (κ2) is 11.3. The van der Waals surface area contributed by atoms with E-state index in [0.29, 0.717) is 19.6 Å². The zero-order chi connectivity index (χ0) is 29.5. The lowest BCUT2D eigenvalue weighted by molar-refractivity contribution is -0.137. The fourth-order valence-corrected chi connectivity index (χ4v) is 6.62. The first-order chi connectivity index (χ1) is 19.3. The fraction of sp³-hybridized carbons (Fsp3) is 0.448. The van der Waals surface area contributed by atoms with Crippen LogP contribution in [0.25, 0.3) is 22.2 Å². The van der Waals surface area contributed by atoms with Crippen molar-refractivity contribution < 1.29 is 36.6 Å². The van der Waals surface area contributed by atoms with Gasteiger partial charge >= 0.3 is 12.1 Å². The number of carbonyl (C=O) groups is 1. The molecule has 0 spiro atoms. The molecular formula is C29H32F3N3O5S. The number of aromatic nitrogens is 1. The first kappa shape index (κ1) is 29.4. The normalized spacial score (nSPS) is 20.0. The number of halogens is 3. The zero-order valence-corrected chi connectivity index (χ0v) is 23.4.